The van der Waals surface area contributed by atoms with Crippen LogP contribution in [0.4, 0.5) is 10.1 Å². The first-order chi connectivity index (χ1) is 15.8. The second-order valence-corrected chi connectivity index (χ2v) is 9.76. The summed E-state index contributed by atoms with van der Waals surface area (Å²) in [4.78, 5) is 4.38. The molecule has 6 nitrogen and oxygen atoms in total. The molecule has 0 spiro atoms. The number of benzene rings is 2. The molecule has 2 heterocycles. The quantitative estimate of drug-likeness (QED) is 0.664. The average Bonchev–Trinajstić information content (AvgIpc) is 2.97. The number of halogens is 2. The minimum absolute atomic E-state index is 0.0229. The summed E-state index contributed by atoms with van der Waals surface area (Å²) in [5.41, 5.74) is 0.376. The van der Waals surface area contributed by atoms with Gasteiger partial charge in [-0.3, -0.25) is 4.90 Å². The molecule has 2 fully saturated rings. The normalized spacial score (nSPS) is 23.8. The van der Waals surface area contributed by atoms with Crippen LogP contribution in [0.3, 0.4) is 0 Å². The van der Waals surface area contributed by atoms with Crippen molar-refractivity contribution >= 4 is 17.3 Å². The van der Waals surface area contributed by atoms with Crippen molar-refractivity contribution < 1.29 is 24.1 Å². The first-order valence-electron chi connectivity index (χ1n) is 11.4. The van der Waals surface area contributed by atoms with E-state index in [1.165, 1.54) is 29.4 Å². The van der Waals surface area contributed by atoms with Crippen molar-refractivity contribution in [1.82, 2.24) is 4.90 Å². The molecule has 8 heteroatoms. The maximum Gasteiger partial charge on any atom is 0.142 e. The number of β-amino-alcohol motifs (C(OH)–C–C–N with tert-alkyl or cyclic N) is 2. The third kappa shape index (κ3) is 6.16. The van der Waals surface area contributed by atoms with Crippen LogP contribution in [0.5, 0.6) is 5.75 Å². The Morgan fingerprint density at radius 3 is 2.58 bits per heavy atom. The van der Waals surface area contributed by atoms with Crippen molar-refractivity contribution in [1.29, 1.82) is 0 Å². The summed E-state index contributed by atoms with van der Waals surface area (Å²) in [6, 6.07) is 12.4. The Morgan fingerprint density at radius 1 is 1.09 bits per heavy atom. The zero-order valence-electron chi connectivity index (χ0n) is 19.0. The van der Waals surface area contributed by atoms with Crippen LogP contribution in [-0.2, 0) is 4.74 Å². The van der Waals surface area contributed by atoms with E-state index in [9.17, 15) is 14.6 Å². The summed E-state index contributed by atoms with van der Waals surface area (Å²) in [7, 11) is 0. The van der Waals surface area contributed by atoms with E-state index in [2.05, 4.69) is 28.9 Å². The fraction of sp³-hybridized carbons (Fsp3) is 0.520. The topological polar surface area (TPSA) is 65.4 Å². The molecule has 4 rings (SSSR count). The van der Waals surface area contributed by atoms with E-state index in [0.717, 1.165) is 13.1 Å². The van der Waals surface area contributed by atoms with Gasteiger partial charge in [-0.15, -0.1) is 0 Å². The van der Waals surface area contributed by atoms with Crippen LogP contribution < -0.4 is 9.64 Å². The Kier molecular flexibility index (Phi) is 7.46. The summed E-state index contributed by atoms with van der Waals surface area (Å²) in [5, 5.41) is 22.4. The molecular formula is C25H32ClFN2O4. The predicted octanol–water partition coefficient (Wildman–Crippen LogP) is 3.26. The van der Waals surface area contributed by atoms with E-state index >= 15 is 0 Å². The number of hydrogen-bond donors (Lipinski definition) is 2. The van der Waals surface area contributed by atoms with Gasteiger partial charge in [0.05, 0.1) is 23.8 Å². The maximum absolute atomic E-state index is 13.4. The van der Waals surface area contributed by atoms with Crippen molar-refractivity contribution in [2.45, 2.75) is 31.0 Å². The number of piperidine rings is 1. The molecule has 0 unspecified atom stereocenters. The van der Waals surface area contributed by atoms with Crippen LogP contribution in [-0.4, -0.2) is 78.9 Å². The number of aryl methyl sites for hydroxylation is 1. The Morgan fingerprint density at radius 2 is 1.85 bits per heavy atom. The summed E-state index contributed by atoms with van der Waals surface area (Å²) in [6.45, 7) is 5.63. The molecule has 1 atom stereocenters. The van der Waals surface area contributed by atoms with Gasteiger partial charge in [0.1, 0.15) is 23.8 Å². The zero-order chi connectivity index (χ0) is 23.5. The van der Waals surface area contributed by atoms with Gasteiger partial charge in [-0.1, -0.05) is 29.8 Å². The smallest absolute Gasteiger partial charge is 0.142 e. The lowest BCUT2D eigenvalue weighted by molar-refractivity contribution is -0.0742. The van der Waals surface area contributed by atoms with E-state index in [1.54, 1.807) is 0 Å². The van der Waals surface area contributed by atoms with Crippen LogP contribution in [0.25, 0.3) is 0 Å². The Balaban J connectivity index is 1.34. The Labute approximate surface area is 199 Å². The molecule has 2 aromatic rings. The monoisotopic (exact) mass is 478 g/mol. The van der Waals surface area contributed by atoms with Crippen molar-refractivity contribution in [3.8, 4) is 5.75 Å². The average molecular weight is 479 g/mol. The molecule has 2 saturated heterocycles. The van der Waals surface area contributed by atoms with Gasteiger partial charge in [0, 0.05) is 44.5 Å². The number of nitrogens with zero attached hydrogens (tertiary/aromatic N) is 2. The van der Waals surface area contributed by atoms with Crippen LogP contribution in [0, 0.1) is 12.7 Å². The van der Waals surface area contributed by atoms with E-state index in [1.807, 2.05) is 12.1 Å². The third-order valence-corrected chi connectivity index (χ3v) is 6.80. The van der Waals surface area contributed by atoms with Crippen LogP contribution in [0.15, 0.2) is 42.5 Å². The molecule has 0 bridgehead atoms. The largest absolute Gasteiger partial charge is 0.490 e. The fourth-order valence-corrected chi connectivity index (χ4v) is 4.83. The highest BCUT2D eigenvalue weighted by atomic mass is 35.5. The summed E-state index contributed by atoms with van der Waals surface area (Å²) >= 11 is 5.82. The highest BCUT2D eigenvalue weighted by molar-refractivity contribution is 6.30. The second-order valence-electron chi connectivity index (χ2n) is 9.35. The molecule has 0 amide bonds. The zero-order valence-corrected chi connectivity index (χ0v) is 19.7. The van der Waals surface area contributed by atoms with Crippen molar-refractivity contribution in [3.05, 3.63) is 58.9 Å². The van der Waals surface area contributed by atoms with Crippen molar-refractivity contribution in [2.24, 2.45) is 0 Å². The Hall–Kier alpha value is -1.90. The minimum Gasteiger partial charge on any atom is -0.490 e. The molecule has 33 heavy (non-hydrogen) atoms. The van der Waals surface area contributed by atoms with Crippen LogP contribution in [0.1, 0.15) is 18.4 Å². The first kappa shape index (κ1) is 24.2. The predicted molar refractivity (Wildman–Crippen MR) is 127 cm³/mol. The second kappa shape index (κ2) is 10.2. The summed E-state index contributed by atoms with van der Waals surface area (Å²) in [6.07, 6.45) is 1.31. The van der Waals surface area contributed by atoms with E-state index < -0.39 is 17.0 Å². The van der Waals surface area contributed by atoms with Gasteiger partial charge in [-0.2, -0.15) is 0 Å². The van der Waals surface area contributed by atoms with Gasteiger partial charge >= 0.3 is 0 Å². The highest BCUT2D eigenvalue weighted by Crippen LogP contribution is 2.30. The summed E-state index contributed by atoms with van der Waals surface area (Å²) in [5.74, 6) is -0.138. The van der Waals surface area contributed by atoms with Gasteiger partial charge < -0.3 is 24.6 Å². The molecule has 2 N–H and O–H groups in total. The molecular weight excluding hydrogens is 447 g/mol. The molecule has 0 saturated carbocycles. The number of para-hydroxylation sites is 1. The molecule has 2 aliphatic heterocycles. The van der Waals surface area contributed by atoms with Gasteiger partial charge in [0.15, 0.2) is 0 Å². The van der Waals surface area contributed by atoms with Crippen molar-refractivity contribution in [2.75, 3.05) is 57.4 Å². The number of rotatable bonds is 6. The standard InChI is InChI=1S/C25H32ClFN2O4/c1-19-4-2-3-5-23(19)29-10-8-24(30,9-11-29)15-28-12-13-32-17-25(31,16-28)18-33-20-6-7-22(27)21(26)14-20/h2-7,14,30-31H,8-13,15-18H2,1H3/t25-/m0/s1. The maximum atomic E-state index is 13.4. The minimum atomic E-state index is -1.25. The lowest BCUT2D eigenvalue weighted by Gasteiger charge is -2.42. The Bertz CT molecular complexity index is 954. The number of ether oxygens (including phenoxy) is 2. The SMILES string of the molecule is Cc1ccccc1N1CCC(O)(CN2CCOC[C@](O)(COc3ccc(F)c(Cl)c3)C2)CC1. The van der Waals surface area contributed by atoms with Gasteiger partial charge in [0.25, 0.3) is 0 Å². The van der Waals surface area contributed by atoms with Crippen LogP contribution >= 0.6 is 11.6 Å². The number of anilines is 1. The molecule has 2 aliphatic rings. The van der Waals surface area contributed by atoms with Gasteiger partial charge in [-0.05, 0) is 43.5 Å². The molecule has 0 aromatic heterocycles. The third-order valence-electron chi connectivity index (χ3n) is 6.51. The van der Waals surface area contributed by atoms with E-state index in [0.29, 0.717) is 44.8 Å². The molecule has 0 aliphatic carbocycles. The first-order valence-corrected chi connectivity index (χ1v) is 11.8. The van der Waals surface area contributed by atoms with E-state index in [-0.39, 0.29) is 18.2 Å². The van der Waals surface area contributed by atoms with Gasteiger partial charge in [0.2, 0.25) is 0 Å². The van der Waals surface area contributed by atoms with Crippen LogP contribution in [0.2, 0.25) is 5.02 Å². The lowest BCUT2D eigenvalue weighted by atomic mass is 9.89. The summed E-state index contributed by atoms with van der Waals surface area (Å²) < 4.78 is 24.7. The number of aliphatic hydroxyl groups is 2. The lowest BCUT2D eigenvalue weighted by Crippen LogP contribution is -2.55. The highest BCUT2D eigenvalue weighted by Gasteiger charge is 2.39. The van der Waals surface area contributed by atoms with E-state index in [4.69, 9.17) is 21.1 Å². The number of hydrogen-bond acceptors (Lipinski definition) is 6. The van der Waals surface area contributed by atoms with Crippen molar-refractivity contribution in [3.63, 3.8) is 0 Å². The van der Waals surface area contributed by atoms with Gasteiger partial charge in [-0.25, -0.2) is 4.39 Å². The molecule has 0 radical (unpaired) electrons. The molecule has 2 aromatic carbocycles. The fourth-order valence-electron chi connectivity index (χ4n) is 4.66. The molecule has 180 valence electrons.